The molecule has 0 bridgehead atoms. The van der Waals surface area contributed by atoms with Gasteiger partial charge in [0.15, 0.2) is 0 Å². The van der Waals surface area contributed by atoms with Crippen molar-refractivity contribution in [2.24, 2.45) is 0 Å². The van der Waals surface area contributed by atoms with Crippen LogP contribution in [0.5, 0.6) is 0 Å². The number of hydrogen-bond donors (Lipinski definition) is 3. The minimum atomic E-state index is -3.56. The quantitative estimate of drug-likeness (QED) is 0.714. The van der Waals surface area contributed by atoms with Crippen LogP contribution in [0.4, 0.5) is 17.1 Å². The van der Waals surface area contributed by atoms with Crippen molar-refractivity contribution >= 4 is 50.3 Å². The molecule has 118 valence electrons. The van der Waals surface area contributed by atoms with Crippen molar-refractivity contribution < 1.29 is 8.42 Å². The largest absolute Gasteiger partial charge is 0.399 e. The Morgan fingerprint density at radius 1 is 1.00 bits per heavy atom. The third-order valence-corrected chi connectivity index (χ3v) is 5.00. The Morgan fingerprint density at radius 2 is 1.73 bits per heavy atom. The molecular formula is C14H15Cl2N3O2S. The number of benzene rings is 2. The number of nitrogen functional groups attached to an aromatic ring is 2. The molecule has 0 radical (unpaired) electrons. The molecule has 8 heteroatoms. The maximum Gasteiger partial charge on any atom is 0.233 e. The molecule has 0 saturated carbocycles. The molecule has 5 nitrogen and oxygen atoms in total. The van der Waals surface area contributed by atoms with Gasteiger partial charge in [0.05, 0.1) is 27.2 Å². The van der Waals surface area contributed by atoms with E-state index in [-0.39, 0.29) is 11.4 Å². The first-order valence-electron chi connectivity index (χ1n) is 6.36. The fraction of sp³-hybridized carbons (Fsp3) is 0.143. The highest BCUT2D eigenvalue weighted by Gasteiger charge is 2.13. The van der Waals surface area contributed by atoms with Crippen molar-refractivity contribution in [3.63, 3.8) is 0 Å². The molecular weight excluding hydrogens is 345 g/mol. The second kappa shape index (κ2) is 6.64. The second-order valence-corrected chi connectivity index (χ2v) is 7.42. The Bertz CT molecular complexity index is 795. The van der Waals surface area contributed by atoms with E-state index in [1.165, 1.54) is 6.07 Å². The van der Waals surface area contributed by atoms with Crippen LogP contribution in [0.15, 0.2) is 36.4 Å². The topological polar surface area (TPSA) is 98.2 Å². The van der Waals surface area contributed by atoms with E-state index in [0.717, 1.165) is 5.56 Å². The lowest BCUT2D eigenvalue weighted by Gasteiger charge is -2.11. The fourth-order valence-corrected chi connectivity index (χ4v) is 3.27. The molecule has 0 spiro atoms. The van der Waals surface area contributed by atoms with Crippen LogP contribution in [0.25, 0.3) is 0 Å². The standard InChI is InChI=1S/C14H15Cl2N3O2S/c15-11-3-1-9(7-12(11)16)5-6-22(20,21)19-14-8-10(17)2-4-13(14)18/h1-4,7-8,19H,5-6,17-18H2. The summed E-state index contributed by atoms with van der Waals surface area (Å²) >= 11 is 11.7. The van der Waals surface area contributed by atoms with Gasteiger partial charge in [-0.05, 0) is 42.3 Å². The molecule has 0 saturated heterocycles. The number of anilines is 3. The Balaban J connectivity index is 2.08. The molecule has 0 aliphatic carbocycles. The molecule has 2 rings (SSSR count). The first-order valence-corrected chi connectivity index (χ1v) is 8.77. The van der Waals surface area contributed by atoms with Crippen LogP contribution in [0.2, 0.25) is 10.0 Å². The van der Waals surface area contributed by atoms with Gasteiger partial charge in [-0.25, -0.2) is 8.42 Å². The first-order chi connectivity index (χ1) is 10.3. The summed E-state index contributed by atoms with van der Waals surface area (Å²) < 4.78 is 26.7. The summed E-state index contributed by atoms with van der Waals surface area (Å²) in [4.78, 5) is 0. The molecule has 2 aromatic carbocycles. The predicted octanol–water partition coefficient (Wildman–Crippen LogP) is 3.14. The number of sulfonamides is 1. The summed E-state index contributed by atoms with van der Waals surface area (Å²) in [5, 5.41) is 0.823. The lowest BCUT2D eigenvalue weighted by atomic mass is 10.2. The lowest BCUT2D eigenvalue weighted by Crippen LogP contribution is -2.19. The van der Waals surface area contributed by atoms with E-state index in [0.29, 0.717) is 27.8 Å². The predicted molar refractivity (Wildman–Crippen MR) is 92.8 cm³/mol. The highest BCUT2D eigenvalue weighted by molar-refractivity contribution is 7.92. The van der Waals surface area contributed by atoms with Crippen LogP contribution in [-0.2, 0) is 16.4 Å². The normalized spacial score (nSPS) is 11.4. The van der Waals surface area contributed by atoms with Crippen molar-refractivity contribution in [2.45, 2.75) is 6.42 Å². The number of halogens is 2. The molecule has 0 atom stereocenters. The molecule has 0 amide bonds. The van der Waals surface area contributed by atoms with Gasteiger partial charge in [-0.1, -0.05) is 29.3 Å². The van der Waals surface area contributed by atoms with E-state index in [1.807, 2.05) is 0 Å². The van der Waals surface area contributed by atoms with E-state index in [2.05, 4.69) is 4.72 Å². The third kappa shape index (κ3) is 4.43. The smallest absolute Gasteiger partial charge is 0.233 e. The fourth-order valence-electron chi connectivity index (χ4n) is 1.83. The maximum absolute atomic E-state index is 12.1. The van der Waals surface area contributed by atoms with Crippen molar-refractivity contribution in [3.05, 3.63) is 52.0 Å². The van der Waals surface area contributed by atoms with Gasteiger partial charge in [-0.3, -0.25) is 4.72 Å². The van der Waals surface area contributed by atoms with Crippen LogP contribution in [-0.4, -0.2) is 14.2 Å². The van der Waals surface area contributed by atoms with E-state index < -0.39 is 10.0 Å². The zero-order chi connectivity index (χ0) is 16.3. The zero-order valence-electron chi connectivity index (χ0n) is 11.5. The SMILES string of the molecule is Nc1ccc(N)c(NS(=O)(=O)CCc2ccc(Cl)c(Cl)c2)c1. The Morgan fingerprint density at radius 3 is 2.41 bits per heavy atom. The first kappa shape index (κ1) is 16.7. The van der Waals surface area contributed by atoms with Gasteiger partial charge in [0.1, 0.15) is 0 Å². The van der Waals surface area contributed by atoms with Crippen LogP contribution in [0.1, 0.15) is 5.56 Å². The van der Waals surface area contributed by atoms with Gasteiger partial charge < -0.3 is 11.5 Å². The molecule has 2 aromatic rings. The van der Waals surface area contributed by atoms with Crippen molar-refractivity contribution in [3.8, 4) is 0 Å². The molecule has 0 aromatic heterocycles. The summed E-state index contributed by atoms with van der Waals surface area (Å²) in [5.41, 5.74) is 13.1. The Labute approximate surface area is 139 Å². The molecule has 0 aliphatic rings. The summed E-state index contributed by atoms with van der Waals surface area (Å²) in [5.74, 6) is -0.112. The van der Waals surface area contributed by atoms with Gasteiger partial charge in [-0.2, -0.15) is 0 Å². The molecule has 0 fully saturated rings. The van der Waals surface area contributed by atoms with E-state index in [1.54, 1.807) is 30.3 Å². The second-order valence-electron chi connectivity index (χ2n) is 4.77. The van der Waals surface area contributed by atoms with Gasteiger partial charge in [-0.15, -0.1) is 0 Å². The van der Waals surface area contributed by atoms with E-state index >= 15 is 0 Å². The lowest BCUT2D eigenvalue weighted by molar-refractivity contribution is 0.600. The van der Waals surface area contributed by atoms with Crippen LogP contribution < -0.4 is 16.2 Å². The molecule has 5 N–H and O–H groups in total. The number of aryl methyl sites for hydroxylation is 1. The Hall–Kier alpha value is -1.63. The third-order valence-electron chi connectivity index (χ3n) is 2.99. The van der Waals surface area contributed by atoms with Crippen LogP contribution >= 0.6 is 23.2 Å². The minimum Gasteiger partial charge on any atom is -0.399 e. The summed E-state index contributed by atoms with van der Waals surface area (Å²) in [6.45, 7) is 0. The average Bonchev–Trinajstić information content (AvgIpc) is 2.44. The van der Waals surface area contributed by atoms with Crippen molar-refractivity contribution in [1.82, 2.24) is 0 Å². The monoisotopic (exact) mass is 359 g/mol. The number of hydrogen-bond acceptors (Lipinski definition) is 4. The summed E-state index contributed by atoms with van der Waals surface area (Å²) in [6, 6.07) is 9.64. The van der Waals surface area contributed by atoms with Gasteiger partial charge in [0, 0.05) is 5.69 Å². The molecule has 0 unspecified atom stereocenters. The van der Waals surface area contributed by atoms with E-state index in [9.17, 15) is 8.42 Å². The van der Waals surface area contributed by atoms with Gasteiger partial charge in [0.25, 0.3) is 0 Å². The summed E-state index contributed by atoms with van der Waals surface area (Å²) in [7, 11) is -3.56. The summed E-state index contributed by atoms with van der Waals surface area (Å²) in [6.07, 6.45) is 0.300. The molecule has 0 heterocycles. The highest BCUT2D eigenvalue weighted by Crippen LogP contribution is 2.24. The minimum absolute atomic E-state index is 0.112. The highest BCUT2D eigenvalue weighted by atomic mass is 35.5. The number of rotatable bonds is 5. The van der Waals surface area contributed by atoms with Gasteiger partial charge >= 0.3 is 0 Å². The molecule has 0 aliphatic heterocycles. The van der Waals surface area contributed by atoms with Gasteiger partial charge in [0.2, 0.25) is 10.0 Å². The Kier molecular flexibility index (Phi) is 5.05. The van der Waals surface area contributed by atoms with Crippen molar-refractivity contribution in [2.75, 3.05) is 21.9 Å². The maximum atomic E-state index is 12.1. The van der Waals surface area contributed by atoms with Crippen molar-refractivity contribution in [1.29, 1.82) is 0 Å². The average molecular weight is 360 g/mol. The number of nitrogens with one attached hydrogen (secondary N) is 1. The zero-order valence-corrected chi connectivity index (χ0v) is 13.8. The van der Waals surface area contributed by atoms with Crippen LogP contribution in [0, 0.1) is 0 Å². The molecule has 22 heavy (non-hydrogen) atoms. The van der Waals surface area contributed by atoms with E-state index in [4.69, 9.17) is 34.7 Å². The van der Waals surface area contributed by atoms with Crippen LogP contribution in [0.3, 0.4) is 0 Å². The number of nitrogens with two attached hydrogens (primary N) is 2.